The van der Waals surface area contributed by atoms with E-state index in [1.807, 2.05) is 0 Å². The topological polar surface area (TPSA) is 0 Å². The normalized spacial score (nSPS) is 12.0. The van der Waals surface area contributed by atoms with Crippen molar-refractivity contribution in [3.63, 3.8) is 0 Å². The van der Waals surface area contributed by atoms with E-state index in [1.54, 1.807) is 0 Å². The van der Waals surface area contributed by atoms with Gasteiger partial charge >= 0.3 is 0 Å². The second-order valence-electron chi connectivity index (χ2n) is 1.93. The van der Waals surface area contributed by atoms with Crippen LogP contribution in [0, 0.1) is 6.92 Å². The average molecular weight is 153 g/mol. The number of hydrogen-bond acceptors (Lipinski definition) is 1. The van der Waals surface area contributed by atoms with Crippen LogP contribution in [-0.4, -0.2) is 17.4 Å². The van der Waals surface area contributed by atoms with Crippen LogP contribution in [0.4, 0.5) is 8.78 Å². The Hall–Kier alpha value is 0.210. The summed E-state index contributed by atoms with van der Waals surface area (Å²) in [6, 6.07) is 0. The van der Waals surface area contributed by atoms with E-state index >= 15 is 0 Å². The van der Waals surface area contributed by atoms with Crippen molar-refractivity contribution in [2.75, 3.05) is 11.5 Å². The number of alkyl halides is 2. The summed E-state index contributed by atoms with van der Waals surface area (Å²) in [5.41, 5.74) is 0. The lowest BCUT2D eigenvalue weighted by atomic mass is 10.3. The Balaban J connectivity index is 3.07. The van der Waals surface area contributed by atoms with Crippen molar-refractivity contribution in [3.05, 3.63) is 6.92 Å². The number of hydrogen-bond donors (Lipinski definition) is 0. The van der Waals surface area contributed by atoms with E-state index < -0.39 is 5.92 Å². The van der Waals surface area contributed by atoms with Crippen LogP contribution in [0.15, 0.2) is 0 Å². The minimum Gasteiger partial charge on any atom is -0.207 e. The molecule has 0 N–H and O–H groups in total. The highest BCUT2D eigenvalue weighted by Gasteiger charge is 2.19. The van der Waals surface area contributed by atoms with E-state index in [-0.39, 0.29) is 6.42 Å². The monoisotopic (exact) mass is 153 g/mol. The predicted octanol–water partition coefficient (Wildman–Crippen LogP) is 2.60. The summed E-state index contributed by atoms with van der Waals surface area (Å²) in [7, 11) is 0. The first-order valence-electron chi connectivity index (χ1n) is 2.81. The Morgan fingerprint density at radius 2 is 2.11 bits per heavy atom. The third kappa shape index (κ3) is 8.21. The Morgan fingerprint density at radius 1 is 1.56 bits per heavy atom. The minimum absolute atomic E-state index is 0.0345. The predicted molar refractivity (Wildman–Crippen MR) is 37.9 cm³/mol. The molecule has 0 aromatic heterocycles. The molecular weight excluding hydrogens is 142 g/mol. The lowest BCUT2D eigenvalue weighted by Gasteiger charge is -2.07. The molecule has 0 spiro atoms. The molecule has 0 heterocycles. The molecule has 0 bridgehead atoms. The molecule has 55 valence electrons. The Bertz CT molecular complexity index is 67.9. The van der Waals surface area contributed by atoms with Crippen LogP contribution in [0.5, 0.6) is 0 Å². The second kappa shape index (κ2) is 4.09. The van der Waals surface area contributed by atoms with Crippen molar-refractivity contribution in [1.82, 2.24) is 0 Å². The molecule has 9 heavy (non-hydrogen) atoms. The molecule has 3 heteroatoms. The van der Waals surface area contributed by atoms with Gasteiger partial charge in [-0.05, 0) is 25.4 Å². The van der Waals surface area contributed by atoms with Gasteiger partial charge in [-0.1, -0.05) is 0 Å². The standard InChI is InChI=1S/C6H11F2S/c1-3-9-5-4-6(2,7)8/h1,3-5H2,2H3. The zero-order valence-corrected chi connectivity index (χ0v) is 6.31. The summed E-state index contributed by atoms with van der Waals surface area (Å²) in [5.74, 6) is -1.31. The van der Waals surface area contributed by atoms with Crippen molar-refractivity contribution in [3.8, 4) is 0 Å². The maximum Gasteiger partial charge on any atom is 0.246 e. The van der Waals surface area contributed by atoms with Gasteiger partial charge in [0, 0.05) is 6.42 Å². The second-order valence-corrected chi connectivity index (χ2v) is 3.16. The van der Waals surface area contributed by atoms with E-state index in [9.17, 15) is 8.78 Å². The largest absolute Gasteiger partial charge is 0.246 e. The van der Waals surface area contributed by atoms with Crippen molar-refractivity contribution in [1.29, 1.82) is 0 Å². The van der Waals surface area contributed by atoms with E-state index in [2.05, 4.69) is 6.92 Å². The third-order valence-corrected chi connectivity index (χ3v) is 1.61. The Morgan fingerprint density at radius 3 is 2.44 bits per heavy atom. The number of rotatable bonds is 4. The molecule has 0 rings (SSSR count). The molecule has 0 fully saturated rings. The van der Waals surface area contributed by atoms with Gasteiger partial charge in [0.05, 0.1) is 0 Å². The number of halogens is 2. The Labute approximate surface area is 59.0 Å². The molecule has 0 aromatic carbocycles. The molecule has 0 aliphatic rings. The van der Waals surface area contributed by atoms with Gasteiger partial charge in [0.15, 0.2) is 0 Å². The highest BCUT2D eigenvalue weighted by Crippen LogP contribution is 2.19. The van der Waals surface area contributed by atoms with Gasteiger partial charge in [0.1, 0.15) is 0 Å². The lowest BCUT2D eigenvalue weighted by molar-refractivity contribution is 0.0194. The maximum atomic E-state index is 12.0. The van der Waals surface area contributed by atoms with Crippen molar-refractivity contribution >= 4 is 11.8 Å². The highest BCUT2D eigenvalue weighted by molar-refractivity contribution is 7.99. The van der Waals surface area contributed by atoms with Gasteiger partial charge in [-0.3, -0.25) is 0 Å². The summed E-state index contributed by atoms with van der Waals surface area (Å²) in [5, 5.41) is 0. The summed E-state index contributed by atoms with van der Waals surface area (Å²) in [4.78, 5) is 0. The van der Waals surface area contributed by atoms with E-state index in [0.29, 0.717) is 11.5 Å². The van der Waals surface area contributed by atoms with E-state index in [1.165, 1.54) is 11.8 Å². The molecule has 0 saturated carbocycles. The summed E-state index contributed by atoms with van der Waals surface area (Å²) < 4.78 is 24.0. The van der Waals surface area contributed by atoms with Gasteiger partial charge in [-0.15, -0.1) is 0 Å². The van der Waals surface area contributed by atoms with Crippen LogP contribution in [-0.2, 0) is 0 Å². The van der Waals surface area contributed by atoms with Crippen molar-refractivity contribution in [2.24, 2.45) is 0 Å². The molecule has 0 aliphatic heterocycles. The Kier molecular flexibility index (Phi) is 4.19. The zero-order chi connectivity index (χ0) is 7.33. The lowest BCUT2D eigenvalue weighted by Crippen LogP contribution is -2.10. The van der Waals surface area contributed by atoms with Crippen LogP contribution in [0.3, 0.4) is 0 Å². The van der Waals surface area contributed by atoms with Gasteiger partial charge in [-0.2, -0.15) is 11.8 Å². The van der Waals surface area contributed by atoms with Gasteiger partial charge in [0.2, 0.25) is 5.92 Å². The quantitative estimate of drug-likeness (QED) is 0.559. The minimum atomic E-state index is -2.50. The first-order valence-corrected chi connectivity index (χ1v) is 3.96. The average Bonchev–Trinajstić information content (AvgIpc) is 1.63. The molecular formula is C6H11F2S. The fraction of sp³-hybridized carbons (Fsp3) is 0.833. The molecule has 0 amide bonds. The molecule has 1 radical (unpaired) electrons. The first kappa shape index (κ1) is 9.21. The summed E-state index contributed by atoms with van der Waals surface area (Å²) >= 11 is 1.44. The molecule has 0 unspecified atom stereocenters. The van der Waals surface area contributed by atoms with Gasteiger partial charge < -0.3 is 0 Å². The number of thioether (sulfide) groups is 1. The van der Waals surface area contributed by atoms with Crippen LogP contribution in [0.25, 0.3) is 0 Å². The molecule has 0 aromatic rings. The first-order chi connectivity index (χ1) is 4.06. The third-order valence-electron chi connectivity index (χ3n) is 0.830. The molecule has 0 nitrogen and oxygen atoms in total. The SMILES string of the molecule is [CH2]CSCCC(C)(F)F. The zero-order valence-electron chi connectivity index (χ0n) is 5.49. The highest BCUT2D eigenvalue weighted by atomic mass is 32.2. The molecule has 0 atom stereocenters. The van der Waals surface area contributed by atoms with Gasteiger partial charge in [0.25, 0.3) is 0 Å². The summed E-state index contributed by atoms with van der Waals surface area (Å²) in [6.45, 7) is 4.46. The fourth-order valence-electron chi connectivity index (χ4n) is 0.353. The van der Waals surface area contributed by atoms with Crippen molar-refractivity contribution in [2.45, 2.75) is 19.3 Å². The van der Waals surface area contributed by atoms with Crippen LogP contribution in [0.1, 0.15) is 13.3 Å². The van der Waals surface area contributed by atoms with Crippen LogP contribution >= 0.6 is 11.8 Å². The summed E-state index contributed by atoms with van der Waals surface area (Å²) in [6.07, 6.45) is -0.0345. The van der Waals surface area contributed by atoms with E-state index in [4.69, 9.17) is 0 Å². The van der Waals surface area contributed by atoms with E-state index in [0.717, 1.165) is 6.92 Å². The molecule has 0 aliphatic carbocycles. The maximum absolute atomic E-state index is 12.0. The smallest absolute Gasteiger partial charge is 0.207 e. The van der Waals surface area contributed by atoms with Crippen LogP contribution in [0.2, 0.25) is 0 Å². The van der Waals surface area contributed by atoms with Gasteiger partial charge in [-0.25, -0.2) is 8.78 Å². The fourth-order valence-corrected chi connectivity index (χ4v) is 1.06. The molecule has 0 saturated heterocycles. The van der Waals surface area contributed by atoms with Crippen molar-refractivity contribution < 1.29 is 8.78 Å². The van der Waals surface area contributed by atoms with Crippen LogP contribution < -0.4 is 0 Å².